The van der Waals surface area contributed by atoms with Crippen LogP contribution in [-0.2, 0) is 13.0 Å². The summed E-state index contributed by atoms with van der Waals surface area (Å²) in [6, 6.07) is 5.75. The van der Waals surface area contributed by atoms with Crippen LogP contribution in [0.5, 0.6) is 5.75 Å². The highest BCUT2D eigenvalue weighted by Gasteiger charge is 2.10. The summed E-state index contributed by atoms with van der Waals surface area (Å²) in [4.78, 5) is 16.0. The number of nitrogens with zero attached hydrogens (tertiary/aromatic N) is 2. The summed E-state index contributed by atoms with van der Waals surface area (Å²) in [6.07, 6.45) is 0.535. The zero-order chi connectivity index (χ0) is 14.7. The molecule has 20 heavy (non-hydrogen) atoms. The second kappa shape index (κ2) is 6.05. The fourth-order valence-corrected chi connectivity index (χ4v) is 2.11. The van der Waals surface area contributed by atoms with Crippen LogP contribution in [0.15, 0.2) is 29.1 Å². The van der Waals surface area contributed by atoms with E-state index in [0.717, 1.165) is 0 Å². The summed E-state index contributed by atoms with van der Waals surface area (Å²) in [6.45, 7) is 1.97. The first-order valence-corrected chi connectivity index (χ1v) is 6.51. The molecule has 0 atom stereocenters. The number of methoxy groups -OCH3 is 1. The Bertz CT molecular complexity index is 685. The Labute approximate surface area is 120 Å². The predicted molar refractivity (Wildman–Crippen MR) is 74.9 cm³/mol. The molecule has 2 aromatic rings. The molecule has 0 spiro atoms. The molecule has 4 nitrogen and oxygen atoms in total. The fourth-order valence-electron chi connectivity index (χ4n) is 1.92. The molecule has 1 aromatic heterocycles. The smallest absolute Gasteiger partial charge is 0.255 e. The molecule has 0 N–H and O–H groups in total. The molecule has 0 aliphatic rings. The second-order valence-electron chi connectivity index (χ2n) is 4.23. The number of hydrogen-bond donors (Lipinski definition) is 0. The quantitative estimate of drug-likeness (QED) is 0.815. The highest BCUT2D eigenvalue weighted by Crippen LogP contribution is 2.17. The van der Waals surface area contributed by atoms with Gasteiger partial charge in [-0.15, -0.1) is 0 Å². The fraction of sp³-hybridized carbons (Fsp3) is 0.286. The maximum atomic E-state index is 13.9. The van der Waals surface area contributed by atoms with Gasteiger partial charge in [-0.2, -0.15) is 0 Å². The lowest BCUT2D eigenvalue weighted by molar-refractivity contribution is 0.410. The number of benzene rings is 1. The Balaban J connectivity index is 2.42. The standard InChI is InChI=1S/C14H14ClFN2O2/c1-3-13-17-12(15)7-14(19)18(13)8-9-4-5-10(20-2)6-11(9)16/h4-7H,3,8H2,1-2H3. The molecule has 0 unspecified atom stereocenters. The number of aryl methyl sites for hydroxylation is 1. The molecular formula is C14H14ClFN2O2. The van der Waals surface area contributed by atoms with Gasteiger partial charge in [0.1, 0.15) is 22.5 Å². The van der Waals surface area contributed by atoms with Crippen molar-refractivity contribution in [3.63, 3.8) is 0 Å². The van der Waals surface area contributed by atoms with Crippen LogP contribution < -0.4 is 10.3 Å². The van der Waals surface area contributed by atoms with E-state index in [0.29, 0.717) is 23.6 Å². The molecule has 0 saturated heterocycles. The zero-order valence-electron chi connectivity index (χ0n) is 11.2. The summed E-state index contributed by atoms with van der Waals surface area (Å²) >= 11 is 5.76. The van der Waals surface area contributed by atoms with Crippen molar-refractivity contribution in [2.45, 2.75) is 19.9 Å². The minimum Gasteiger partial charge on any atom is -0.497 e. The van der Waals surface area contributed by atoms with Crippen molar-refractivity contribution in [2.24, 2.45) is 0 Å². The minimum atomic E-state index is -0.423. The van der Waals surface area contributed by atoms with Crippen molar-refractivity contribution in [2.75, 3.05) is 7.11 Å². The zero-order valence-corrected chi connectivity index (χ0v) is 11.9. The van der Waals surface area contributed by atoms with Crippen LogP contribution in [0.1, 0.15) is 18.3 Å². The second-order valence-corrected chi connectivity index (χ2v) is 4.62. The lowest BCUT2D eigenvalue weighted by Crippen LogP contribution is -2.25. The first kappa shape index (κ1) is 14.5. The summed E-state index contributed by atoms with van der Waals surface area (Å²) in [7, 11) is 1.47. The van der Waals surface area contributed by atoms with Gasteiger partial charge in [-0.1, -0.05) is 24.6 Å². The highest BCUT2D eigenvalue weighted by molar-refractivity contribution is 6.29. The maximum absolute atomic E-state index is 13.9. The Morgan fingerprint density at radius 1 is 1.40 bits per heavy atom. The molecule has 0 fully saturated rings. The van der Waals surface area contributed by atoms with Crippen molar-refractivity contribution in [1.29, 1.82) is 0 Å². The summed E-state index contributed by atoms with van der Waals surface area (Å²) in [5.41, 5.74) is 0.101. The third kappa shape index (κ3) is 2.99. The van der Waals surface area contributed by atoms with Crippen molar-refractivity contribution in [3.8, 4) is 5.75 Å². The molecule has 0 radical (unpaired) electrons. The van der Waals surface area contributed by atoms with Gasteiger partial charge in [0.15, 0.2) is 0 Å². The van der Waals surface area contributed by atoms with Crippen LogP contribution in [0.4, 0.5) is 4.39 Å². The normalized spacial score (nSPS) is 10.6. The van der Waals surface area contributed by atoms with E-state index >= 15 is 0 Å². The molecule has 0 amide bonds. The van der Waals surface area contributed by atoms with Gasteiger partial charge in [-0.3, -0.25) is 9.36 Å². The van der Waals surface area contributed by atoms with E-state index in [2.05, 4.69) is 4.98 Å². The van der Waals surface area contributed by atoms with E-state index in [1.165, 1.54) is 23.8 Å². The number of halogens is 2. The van der Waals surface area contributed by atoms with Crippen molar-refractivity contribution in [1.82, 2.24) is 9.55 Å². The molecule has 0 aliphatic heterocycles. The van der Waals surface area contributed by atoms with E-state index in [4.69, 9.17) is 16.3 Å². The summed E-state index contributed by atoms with van der Waals surface area (Å²) in [5.74, 6) is 0.537. The van der Waals surface area contributed by atoms with Gasteiger partial charge in [0, 0.05) is 24.1 Å². The van der Waals surface area contributed by atoms with E-state index in [1.807, 2.05) is 6.92 Å². The van der Waals surface area contributed by atoms with Crippen molar-refractivity contribution in [3.05, 3.63) is 57.0 Å². The topological polar surface area (TPSA) is 44.1 Å². The van der Waals surface area contributed by atoms with Crippen LogP contribution in [0.25, 0.3) is 0 Å². The van der Waals surface area contributed by atoms with E-state index in [9.17, 15) is 9.18 Å². The average Bonchev–Trinajstić information content (AvgIpc) is 2.42. The molecule has 1 heterocycles. The Kier molecular flexibility index (Phi) is 4.39. The van der Waals surface area contributed by atoms with E-state index in [-0.39, 0.29) is 17.3 Å². The minimum absolute atomic E-state index is 0.113. The molecule has 0 aliphatic carbocycles. The van der Waals surface area contributed by atoms with Crippen LogP contribution in [-0.4, -0.2) is 16.7 Å². The number of rotatable bonds is 4. The molecule has 6 heteroatoms. The van der Waals surface area contributed by atoms with Crippen LogP contribution in [0.3, 0.4) is 0 Å². The van der Waals surface area contributed by atoms with Gasteiger partial charge in [0.2, 0.25) is 0 Å². The first-order valence-electron chi connectivity index (χ1n) is 6.13. The number of aromatic nitrogens is 2. The lowest BCUT2D eigenvalue weighted by atomic mass is 10.2. The van der Waals surface area contributed by atoms with Gasteiger partial charge in [0.25, 0.3) is 5.56 Å². The van der Waals surface area contributed by atoms with Gasteiger partial charge in [-0.25, -0.2) is 9.37 Å². The van der Waals surface area contributed by atoms with Crippen molar-refractivity contribution < 1.29 is 9.13 Å². The number of ether oxygens (including phenoxy) is 1. The van der Waals surface area contributed by atoms with Gasteiger partial charge >= 0.3 is 0 Å². The largest absolute Gasteiger partial charge is 0.497 e. The molecule has 2 rings (SSSR count). The average molecular weight is 297 g/mol. The van der Waals surface area contributed by atoms with Crippen molar-refractivity contribution >= 4 is 11.6 Å². The molecular weight excluding hydrogens is 283 g/mol. The molecule has 1 aromatic carbocycles. The molecule has 106 valence electrons. The third-order valence-electron chi connectivity index (χ3n) is 2.96. The first-order chi connectivity index (χ1) is 9.55. The van der Waals surface area contributed by atoms with E-state index in [1.54, 1.807) is 12.1 Å². The van der Waals surface area contributed by atoms with E-state index < -0.39 is 5.82 Å². The lowest BCUT2D eigenvalue weighted by Gasteiger charge is -2.12. The Morgan fingerprint density at radius 3 is 2.75 bits per heavy atom. The van der Waals surface area contributed by atoms with Gasteiger partial charge in [0.05, 0.1) is 13.7 Å². The Morgan fingerprint density at radius 2 is 2.15 bits per heavy atom. The van der Waals surface area contributed by atoms with Crippen LogP contribution >= 0.6 is 11.6 Å². The molecule has 0 saturated carbocycles. The monoisotopic (exact) mass is 296 g/mol. The van der Waals surface area contributed by atoms with Gasteiger partial charge < -0.3 is 4.74 Å². The summed E-state index contributed by atoms with van der Waals surface area (Å²) in [5, 5.41) is 0.151. The SMILES string of the molecule is CCc1nc(Cl)cc(=O)n1Cc1ccc(OC)cc1F. The maximum Gasteiger partial charge on any atom is 0.255 e. The highest BCUT2D eigenvalue weighted by atomic mass is 35.5. The summed E-state index contributed by atoms with van der Waals surface area (Å²) < 4.78 is 20.3. The predicted octanol–water partition coefficient (Wildman–Crippen LogP) is 2.66. The van der Waals surface area contributed by atoms with Gasteiger partial charge in [-0.05, 0) is 6.07 Å². The third-order valence-corrected chi connectivity index (χ3v) is 3.15. The molecule has 0 bridgehead atoms. The van der Waals surface area contributed by atoms with Crippen LogP contribution in [0.2, 0.25) is 5.15 Å². The number of hydrogen-bond acceptors (Lipinski definition) is 3. The Hall–Kier alpha value is -1.88. The van der Waals surface area contributed by atoms with Crippen LogP contribution in [0, 0.1) is 5.82 Å².